The number of benzene rings is 2. The molecular formula is C14H8F3N3S. The molecule has 0 atom stereocenters. The first-order valence-corrected chi connectivity index (χ1v) is 6.36. The van der Waals surface area contributed by atoms with Gasteiger partial charge in [-0.05, 0) is 12.2 Å². The Labute approximate surface area is 122 Å². The normalized spacial score (nSPS) is 10.8. The van der Waals surface area contributed by atoms with Crippen molar-refractivity contribution in [3.63, 3.8) is 0 Å². The van der Waals surface area contributed by atoms with Gasteiger partial charge in [0, 0.05) is 17.7 Å². The number of aromatic nitrogens is 3. The Kier molecular flexibility index (Phi) is 3.34. The van der Waals surface area contributed by atoms with Crippen molar-refractivity contribution in [3.05, 3.63) is 64.7 Å². The molecule has 0 bridgehead atoms. The molecular weight excluding hydrogens is 299 g/mol. The lowest BCUT2D eigenvalue weighted by atomic mass is 10.2. The highest BCUT2D eigenvalue weighted by Gasteiger charge is 2.19. The summed E-state index contributed by atoms with van der Waals surface area (Å²) in [4.78, 5) is 0. The lowest BCUT2D eigenvalue weighted by molar-refractivity contribution is 0.534. The van der Waals surface area contributed by atoms with Crippen molar-refractivity contribution in [3.8, 4) is 17.1 Å². The van der Waals surface area contributed by atoms with Gasteiger partial charge in [-0.25, -0.2) is 13.2 Å². The van der Waals surface area contributed by atoms with Crippen molar-refractivity contribution in [1.29, 1.82) is 0 Å². The maximum atomic E-state index is 14.0. The summed E-state index contributed by atoms with van der Waals surface area (Å²) in [5.41, 5.74) is 0.155. The molecule has 3 rings (SSSR count). The van der Waals surface area contributed by atoms with Crippen LogP contribution in [-0.2, 0) is 0 Å². The molecule has 21 heavy (non-hydrogen) atoms. The molecule has 0 spiro atoms. The van der Waals surface area contributed by atoms with Gasteiger partial charge >= 0.3 is 0 Å². The third kappa shape index (κ3) is 2.36. The van der Waals surface area contributed by atoms with E-state index in [2.05, 4.69) is 10.2 Å². The Morgan fingerprint density at radius 3 is 2.24 bits per heavy atom. The topological polar surface area (TPSA) is 33.6 Å². The van der Waals surface area contributed by atoms with Crippen LogP contribution in [0.1, 0.15) is 0 Å². The van der Waals surface area contributed by atoms with Gasteiger partial charge in [-0.3, -0.25) is 9.67 Å². The molecule has 0 saturated carbocycles. The average molecular weight is 307 g/mol. The fraction of sp³-hybridized carbons (Fsp3) is 0. The van der Waals surface area contributed by atoms with Crippen LogP contribution in [0.5, 0.6) is 0 Å². The largest absolute Gasteiger partial charge is 0.262 e. The van der Waals surface area contributed by atoms with E-state index < -0.39 is 23.1 Å². The highest BCUT2D eigenvalue weighted by molar-refractivity contribution is 7.71. The van der Waals surface area contributed by atoms with Gasteiger partial charge in [-0.1, -0.05) is 30.3 Å². The van der Waals surface area contributed by atoms with Gasteiger partial charge in [-0.15, -0.1) is 0 Å². The second kappa shape index (κ2) is 5.17. The number of H-pyrrole nitrogens is 1. The van der Waals surface area contributed by atoms with E-state index in [1.165, 1.54) is 0 Å². The number of nitrogens with one attached hydrogen (secondary N) is 1. The maximum absolute atomic E-state index is 14.0. The predicted octanol–water partition coefficient (Wildman–Crippen LogP) is 4.01. The second-order valence-electron chi connectivity index (χ2n) is 4.27. The molecule has 1 heterocycles. The van der Waals surface area contributed by atoms with Gasteiger partial charge in [0.05, 0.1) is 0 Å². The number of halogens is 3. The summed E-state index contributed by atoms with van der Waals surface area (Å²) in [5, 5.41) is 6.48. The van der Waals surface area contributed by atoms with Crippen LogP contribution in [0.25, 0.3) is 17.1 Å². The van der Waals surface area contributed by atoms with Gasteiger partial charge in [-0.2, -0.15) is 5.10 Å². The first-order valence-electron chi connectivity index (χ1n) is 5.95. The van der Waals surface area contributed by atoms with Crippen LogP contribution in [-0.4, -0.2) is 14.8 Å². The molecule has 0 amide bonds. The summed E-state index contributed by atoms with van der Waals surface area (Å²) < 4.78 is 42.1. The molecule has 3 aromatic rings. The van der Waals surface area contributed by atoms with Crippen LogP contribution in [0, 0.1) is 22.2 Å². The minimum absolute atomic E-state index is 0.0123. The third-order valence-corrected chi connectivity index (χ3v) is 3.18. The summed E-state index contributed by atoms with van der Waals surface area (Å²) in [6.45, 7) is 0. The van der Waals surface area contributed by atoms with Crippen LogP contribution in [0.3, 0.4) is 0 Å². The van der Waals surface area contributed by atoms with E-state index in [-0.39, 0.29) is 10.6 Å². The molecule has 3 nitrogen and oxygen atoms in total. The van der Waals surface area contributed by atoms with Crippen LogP contribution in [0.15, 0.2) is 42.5 Å². The quantitative estimate of drug-likeness (QED) is 0.726. The van der Waals surface area contributed by atoms with Gasteiger partial charge in [0.25, 0.3) is 0 Å². The van der Waals surface area contributed by atoms with E-state index in [0.717, 1.165) is 4.57 Å². The van der Waals surface area contributed by atoms with Crippen LogP contribution in [0.2, 0.25) is 0 Å². The number of rotatable bonds is 2. The van der Waals surface area contributed by atoms with E-state index in [1.54, 1.807) is 30.3 Å². The number of aromatic amines is 1. The molecule has 106 valence electrons. The Hall–Kier alpha value is -2.41. The summed E-state index contributed by atoms with van der Waals surface area (Å²) in [6.07, 6.45) is 0. The molecule has 2 aromatic carbocycles. The van der Waals surface area contributed by atoms with Crippen molar-refractivity contribution in [2.24, 2.45) is 0 Å². The lowest BCUT2D eigenvalue weighted by Crippen LogP contribution is -2.05. The van der Waals surface area contributed by atoms with Gasteiger partial charge in [0.1, 0.15) is 11.5 Å². The Morgan fingerprint density at radius 1 is 1.00 bits per heavy atom. The molecule has 0 radical (unpaired) electrons. The van der Waals surface area contributed by atoms with Gasteiger partial charge < -0.3 is 0 Å². The standard InChI is InChI=1S/C14H8F3N3S/c15-9-6-10(16)12(11(17)7-9)20-13(18-19-14(20)21)8-4-2-1-3-5-8/h1-7H,(H,19,21). The summed E-state index contributed by atoms with van der Waals surface area (Å²) >= 11 is 5.02. The van der Waals surface area contributed by atoms with Crippen molar-refractivity contribution in [2.45, 2.75) is 0 Å². The Balaban J connectivity index is 2.30. The first kappa shape index (κ1) is 13.6. The zero-order chi connectivity index (χ0) is 15.0. The minimum Gasteiger partial charge on any atom is -0.262 e. The fourth-order valence-corrected chi connectivity index (χ4v) is 2.26. The number of nitrogens with zero attached hydrogens (tertiary/aromatic N) is 2. The predicted molar refractivity (Wildman–Crippen MR) is 74.1 cm³/mol. The summed E-state index contributed by atoms with van der Waals surface area (Å²) in [7, 11) is 0. The molecule has 0 saturated heterocycles. The highest BCUT2D eigenvalue weighted by atomic mass is 32.1. The molecule has 0 aliphatic carbocycles. The van der Waals surface area contributed by atoms with E-state index >= 15 is 0 Å². The van der Waals surface area contributed by atoms with E-state index in [0.29, 0.717) is 17.7 Å². The molecule has 0 aliphatic heterocycles. The van der Waals surface area contributed by atoms with Crippen molar-refractivity contribution in [1.82, 2.24) is 14.8 Å². The van der Waals surface area contributed by atoms with E-state index in [9.17, 15) is 13.2 Å². The Morgan fingerprint density at radius 2 is 1.62 bits per heavy atom. The average Bonchev–Trinajstić information content (AvgIpc) is 2.81. The van der Waals surface area contributed by atoms with Crippen molar-refractivity contribution >= 4 is 12.2 Å². The van der Waals surface area contributed by atoms with Crippen LogP contribution in [0.4, 0.5) is 13.2 Å². The fourth-order valence-electron chi connectivity index (χ4n) is 2.03. The molecule has 0 unspecified atom stereocenters. The second-order valence-corrected chi connectivity index (χ2v) is 4.66. The van der Waals surface area contributed by atoms with Gasteiger partial charge in [0.2, 0.25) is 0 Å². The molecule has 0 fully saturated rings. The SMILES string of the molecule is Fc1cc(F)c(-n2c(-c3ccccc3)n[nH]c2=S)c(F)c1. The van der Waals surface area contributed by atoms with E-state index in [4.69, 9.17) is 12.2 Å². The smallest absolute Gasteiger partial charge is 0.200 e. The van der Waals surface area contributed by atoms with Crippen molar-refractivity contribution in [2.75, 3.05) is 0 Å². The number of hydrogen-bond acceptors (Lipinski definition) is 2. The molecule has 7 heteroatoms. The molecule has 0 aliphatic rings. The Bertz CT molecular complexity index is 832. The summed E-state index contributed by atoms with van der Waals surface area (Å²) in [6, 6.07) is 9.96. The molecule has 1 N–H and O–H groups in total. The first-order chi connectivity index (χ1) is 10.1. The van der Waals surface area contributed by atoms with Gasteiger partial charge in [0.15, 0.2) is 22.2 Å². The minimum atomic E-state index is -1.05. The monoisotopic (exact) mass is 307 g/mol. The van der Waals surface area contributed by atoms with Crippen molar-refractivity contribution < 1.29 is 13.2 Å². The molecule has 1 aromatic heterocycles. The maximum Gasteiger partial charge on any atom is 0.200 e. The van der Waals surface area contributed by atoms with Crippen LogP contribution >= 0.6 is 12.2 Å². The highest BCUT2D eigenvalue weighted by Crippen LogP contribution is 2.25. The summed E-state index contributed by atoms with van der Waals surface area (Å²) in [5.74, 6) is -2.86. The van der Waals surface area contributed by atoms with E-state index in [1.807, 2.05) is 0 Å². The third-order valence-electron chi connectivity index (χ3n) is 2.91. The lowest BCUT2D eigenvalue weighted by Gasteiger charge is -2.09. The zero-order valence-corrected chi connectivity index (χ0v) is 11.3. The zero-order valence-electron chi connectivity index (χ0n) is 10.5. The van der Waals surface area contributed by atoms with Crippen LogP contribution < -0.4 is 0 Å². The number of hydrogen-bond donors (Lipinski definition) is 1.